The van der Waals surface area contributed by atoms with E-state index in [9.17, 15) is 14.4 Å². The van der Waals surface area contributed by atoms with Gasteiger partial charge in [0.25, 0.3) is 5.91 Å². The van der Waals surface area contributed by atoms with E-state index >= 15 is 0 Å². The summed E-state index contributed by atoms with van der Waals surface area (Å²) in [6.07, 6.45) is 0. The molecule has 0 N–H and O–H groups in total. The molecular weight excluding hydrogens is 442 g/mol. The number of carbonyl (C=O) groups excluding carboxylic acids is 3. The lowest BCUT2D eigenvalue weighted by molar-refractivity contribution is -0.135. The summed E-state index contributed by atoms with van der Waals surface area (Å²) in [5.41, 5.74) is 3.56. The predicted octanol–water partition coefficient (Wildman–Crippen LogP) is 3.77. The van der Waals surface area contributed by atoms with Gasteiger partial charge in [0, 0.05) is 10.0 Å². The summed E-state index contributed by atoms with van der Waals surface area (Å²) in [4.78, 5) is 40.3. The van der Waals surface area contributed by atoms with E-state index in [-0.39, 0.29) is 5.78 Å². The van der Waals surface area contributed by atoms with Crippen LogP contribution < -0.4 is 4.90 Å². The first-order chi connectivity index (χ1) is 13.5. The SMILES string of the molecule is Cc1ccc(C(=O)C2C(=O)C(=O)N(c3nncs3)C2c2cccc(Br)c2)cc1. The molecule has 2 atom stereocenters. The van der Waals surface area contributed by atoms with Crippen LogP contribution in [0, 0.1) is 12.8 Å². The van der Waals surface area contributed by atoms with Crippen LogP contribution in [0.25, 0.3) is 0 Å². The van der Waals surface area contributed by atoms with E-state index in [0.717, 1.165) is 21.4 Å². The lowest BCUT2D eigenvalue weighted by Gasteiger charge is -2.25. The fraction of sp³-hybridized carbons (Fsp3) is 0.150. The summed E-state index contributed by atoms with van der Waals surface area (Å²) in [5, 5.41) is 8.03. The quantitative estimate of drug-likeness (QED) is 0.339. The van der Waals surface area contributed by atoms with Crippen LogP contribution >= 0.6 is 27.3 Å². The Morgan fingerprint density at radius 2 is 1.89 bits per heavy atom. The first-order valence-electron chi connectivity index (χ1n) is 8.47. The molecule has 0 radical (unpaired) electrons. The topological polar surface area (TPSA) is 80.2 Å². The maximum atomic E-state index is 13.3. The third-order valence-corrected chi connectivity index (χ3v) is 5.85. The van der Waals surface area contributed by atoms with Crippen molar-refractivity contribution in [2.24, 2.45) is 5.92 Å². The minimum atomic E-state index is -1.14. The van der Waals surface area contributed by atoms with Gasteiger partial charge in [-0.25, -0.2) is 0 Å². The second-order valence-corrected chi connectivity index (χ2v) is 8.20. The van der Waals surface area contributed by atoms with Crippen LogP contribution in [-0.2, 0) is 9.59 Å². The lowest BCUT2D eigenvalue weighted by Crippen LogP contribution is -2.30. The molecule has 1 aliphatic heterocycles. The van der Waals surface area contributed by atoms with Crippen molar-refractivity contribution in [1.29, 1.82) is 0 Å². The zero-order valence-electron chi connectivity index (χ0n) is 14.7. The molecule has 0 saturated carbocycles. The molecule has 2 aromatic carbocycles. The highest BCUT2D eigenvalue weighted by atomic mass is 79.9. The van der Waals surface area contributed by atoms with Crippen molar-refractivity contribution >= 4 is 49.9 Å². The van der Waals surface area contributed by atoms with Crippen LogP contribution in [0.5, 0.6) is 0 Å². The summed E-state index contributed by atoms with van der Waals surface area (Å²) in [7, 11) is 0. The number of benzene rings is 2. The van der Waals surface area contributed by atoms with Crippen molar-refractivity contribution in [3.63, 3.8) is 0 Å². The molecule has 2 unspecified atom stereocenters. The van der Waals surface area contributed by atoms with Gasteiger partial charge >= 0.3 is 0 Å². The predicted molar refractivity (Wildman–Crippen MR) is 108 cm³/mol. The fourth-order valence-electron chi connectivity index (χ4n) is 3.34. The molecule has 28 heavy (non-hydrogen) atoms. The summed E-state index contributed by atoms with van der Waals surface area (Å²) >= 11 is 4.57. The number of halogens is 1. The molecule has 8 heteroatoms. The zero-order valence-corrected chi connectivity index (χ0v) is 17.1. The van der Waals surface area contributed by atoms with Crippen LogP contribution in [0.15, 0.2) is 58.5 Å². The highest BCUT2D eigenvalue weighted by Gasteiger charge is 2.53. The van der Waals surface area contributed by atoms with Crippen LogP contribution in [-0.4, -0.2) is 27.7 Å². The van der Waals surface area contributed by atoms with Crippen LogP contribution in [0.3, 0.4) is 0 Å². The standard InChI is InChI=1S/C20H14BrN3O3S/c1-11-5-7-12(8-6-11)17(25)15-16(13-3-2-4-14(21)9-13)24(19(27)18(15)26)20-23-22-10-28-20/h2-10,15-16H,1H3. The second kappa shape index (κ2) is 7.37. The average molecular weight is 456 g/mol. The van der Waals surface area contributed by atoms with Crippen molar-refractivity contribution in [3.8, 4) is 0 Å². The Labute approximate surface area is 173 Å². The molecule has 1 amide bonds. The van der Waals surface area contributed by atoms with E-state index in [0.29, 0.717) is 16.3 Å². The van der Waals surface area contributed by atoms with Crippen molar-refractivity contribution in [2.75, 3.05) is 4.90 Å². The van der Waals surface area contributed by atoms with Gasteiger partial charge in [0.2, 0.25) is 10.9 Å². The lowest BCUT2D eigenvalue weighted by atomic mass is 9.86. The Balaban J connectivity index is 1.85. The number of ketones is 2. The molecule has 0 spiro atoms. The van der Waals surface area contributed by atoms with Crippen molar-refractivity contribution in [2.45, 2.75) is 13.0 Å². The normalized spacial score (nSPS) is 19.3. The third-order valence-electron chi connectivity index (χ3n) is 4.67. The second-order valence-electron chi connectivity index (χ2n) is 6.47. The van der Waals surface area contributed by atoms with Gasteiger partial charge in [-0.1, -0.05) is 69.2 Å². The highest BCUT2D eigenvalue weighted by molar-refractivity contribution is 9.10. The Kier molecular flexibility index (Phi) is 4.91. The largest absolute Gasteiger partial charge is 0.297 e. The number of anilines is 1. The van der Waals surface area contributed by atoms with E-state index in [1.54, 1.807) is 30.3 Å². The van der Waals surface area contributed by atoms with E-state index in [4.69, 9.17) is 0 Å². The Hall–Kier alpha value is -2.71. The van der Waals surface area contributed by atoms with Crippen LogP contribution in [0.1, 0.15) is 27.5 Å². The van der Waals surface area contributed by atoms with Crippen LogP contribution in [0.4, 0.5) is 5.13 Å². The first-order valence-corrected chi connectivity index (χ1v) is 10.1. The number of aryl methyl sites for hydroxylation is 1. The molecule has 1 fully saturated rings. The monoisotopic (exact) mass is 455 g/mol. The molecule has 4 rings (SSSR count). The number of nitrogens with zero attached hydrogens (tertiary/aromatic N) is 3. The van der Waals surface area contributed by atoms with Gasteiger partial charge < -0.3 is 0 Å². The van der Waals surface area contributed by atoms with E-state index in [2.05, 4.69) is 26.1 Å². The Morgan fingerprint density at radius 1 is 1.14 bits per heavy atom. The number of carbonyl (C=O) groups is 3. The number of hydrogen-bond acceptors (Lipinski definition) is 6. The van der Waals surface area contributed by atoms with Crippen molar-refractivity contribution < 1.29 is 14.4 Å². The van der Waals surface area contributed by atoms with E-state index in [1.807, 2.05) is 25.1 Å². The fourth-order valence-corrected chi connectivity index (χ4v) is 4.35. The van der Waals surface area contributed by atoms with Gasteiger partial charge in [-0.2, -0.15) is 0 Å². The van der Waals surface area contributed by atoms with Gasteiger partial charge in [0.15, 0.2) is 5.78 Å². The summed E-state index contributed by atoms with van der Waals surface area (Å²) < 4.78 is 0.788. The van der Waals surface area contributed by atoms with Crippen molar-refractivity contribution in [1.82, 2.24) is 10.2 Å². The maximum Gasteiger partial charge on any atom is 0.297 e. The molecular formula is C20H14BrN3O3S. The number of amides is 1. The van der Waals surface area contributed by atoms with Gasteiger partial charge in [0.1, 0.15) is 11.4 Å². The Morgan fingerprint density at radius 3 is 2.54 bits per heavy atom. The summed E-state index contributed by atoms with van der Waals surface area (Å²) in [6.45, 7) is 1.92. The number of rotatable bonds is 4. The van der Waals surface area contributed by atoms with Gasteiger partial charge in [-0.3, -0.25) is 19.3 Å². The molecule has 6 nitrogen and oxygen atoms in total. The summed E-state index contributed by atoms with van der Waals surface area (Å²) in [6, 6.07) is 13.5. The molecule has 2 heterocycles. The van der Waals surface area contributed by atoms with Crippen molar-refractivity contribution in [3.05, 3.63) is 75.2 Å². The average Bonchev–Trinajstić information content (AvgIpc) is 3.29. The minimum Gasteiger partial charge on any atom is -0.293 e. The van der Waals surface area contributed by atoms with Gasteiger partial charge in [-0.05, 0) is 24.6 Å². The molecule has 3 aromatic rings. The molecule has 0 aliphatic carbocycles. The number of Topliss-reactive ketones (excluding diaryl/α,β-unsaturated/α-hetero) is 2. The molecule has 0 bridgehead atoms. The van der Waals surface area contributed by atoms with Gasteiger partial charge in [-0.15, -0.1) is 10.2 Å². The molecule has 1 aliphatic rings. The Bertz CT molecular complexity index is 1070. The smallest absolute Gasteiger partial charge is 0.293 e. The third kappa shape index (κ3) is 3.18. The number of hydrogen-bond donors (Lipinski definition) is 0. The summed E-state index contributed by atoms with van der Waals surface area (Å²) in [5.74, 6) is -3.00. The molecule has 1 saturated heterocycles. The molecule has 140 valence electrons. The first kappa shape index (κ1) is 18.6. The van der Waals surface area contributed by atoms with E-state index in [1.165, 1.54) is 10.4 Å². The highest BCUT2D eigenvalue weighted by Crippen LogP contribution is 2.42. The van der Waals surface area contributed by atoms with E-state index < -0.39 is 23.7 Å². The zero-order chi connectivity index (χ0) is 19.8. The minimum absolute atomic E-state index is 0.294. The molecule has 1 aromatic heterocycles. The maximum absolute atomic E-state index is 13.3. The van der Waals surface area contributed by atoms with Crippen LogP contribution in [0.2, 0.25) is 0 Å². The number of aromatic nitrogens is 2. The van der Waals surface area contributed by atoms with Gasteiger partial charge in [0.05, 0.1) is 6.04 Å².